The smallest absolute Gasteiger partial charge is 0.0601 e. The number of benzene rings is 2. The molecule has 19 heavy (non-hydrogen) atoms. The first-order chi connectivity index (χ1) is 9.26. The predicted octanol–water partition coefficient (Wildman–Crippen LogP) is 2.69. The van der Waals surface area contributed by atoms with Crippen LogP contribution in [0.25, 0.3) is 10.8 Å². The average Bonchev–Trinajstić information content (AvgIpc) is 2.37. The van der Waals surface area contributed by atoms with Gasteiger partial charge in [-0.3, -0.25) is 0 Å². The molecule has 0 radical (unpaired) electrons. The molecule has 100 valence electrons. The summed E-state index contributed by atoms with van der Waals surface area (Å²) in [5.74, 6) is 0. The molecule has 1 fully saturated rings. The van der Waals surface area contributed by atoms with Crippen molar-refractivity contribution >= 4 is 16.5 Å². The molecule has 3 nitrogen and oxygen atoms in total. The van der Waals surface area contributed by atoms with Crippen LogP contribution < -0.4 is 11.1 Å². The molecule has 0 saturated heterocycles. The van der Waals surface area contributed by atoms with Gasteiger partial charge in [0.25, 0.3) is 0 Å². The van der Waals surface area contributed by atoms with Gasteiger partial charge >= 0.3 is 0 Å². The van der Waals surface area contributed by atoms with Gasteiger partial charge in [0.1, 0.15) is 0 Å². The Kier molecular flexibility index (Phi) is 3.40. The Morgan fingerprint density at radius 2 is 1.89 bits per heavy atom. The zero-order valence-corrected chi connectivity index (χ0v) is 11.2. The molecule has 0 unspecified atom stereocenters. The third-order valence-corrected chi connectivity index (χ3v) is 4.02. The highest BCUT2D eigenvalue weighted by Crippen LogP contribution is 2.25. The first-order valence-corrected chi connectivity index (χ1v) is 6.79. The maximum absolute atomic E-state index is 6.12. The standard InChI is InChI=1S/C16H20N2O/c1-19-15-8-14(9-15)18-10-13-6-11-4-2-3-5-12(11)7-16(13)17/h2-7,14-15,18H,8-10,17H2,1H3. The molecule has 0 amide bonds. The molecule has 0 bridgehead atoms. The van der Waals surface area contributed by atoms with Crippen LogP contribution in [0.3, 0.4) is 0 Å². The normalized spacial score (nSPS) is 22.4. The van der Waals surface area contributed by atoms with E-state index in [9.17, 15) is 0 Å². The minimum absolute atomic E-state index is 0.437. The fraction of sp³-hybridized carbons (Fsp3) is 0.375. The Morgan fingerprint density at radius 3 is 2.58 bits per heavy atom. The van der Waals surface area contributed by atoms with Gasteiger partial charge < -0.3 is 15.8 Å². The SMILES string of the molecule is COC1CC(NCc2cc3ccccc3cc2N)C1. The van der Waals surface area contributed by atoms with Gasteiger partial charge in [-0.05, 0) is 41.3 Å². The number of nitrogen functional groups attached to an aromatic ring is 1. The van der Waals surface area contributed by atoms with E-state index in [1.165, 1.54) is 16.3 Å². The van der Waals surface area contributed by atoms with Gasteiger partial charge in [-0.1, -0.05) is 24.3 Å². The van der Waals surface area contributed by atoms with Crippen molar-refractivity contribution in [1.82, 2.24) is 5.32 Å². The van der Waals surface area contributed by atoms with Gasteiger partial charge in [0.05, 0.1) is 6.10 Å². The van der Waals surface area contributed by atoms with Crippen molar-refractivity contribution in [2.45, 2.75) is 31.5 Å². The minimum atomic E-state index is 0.437. The van der Waals surface area contributed by atoms with E-state index in [1.54, 1.807) is 7.11 Å². The van der Waals surface area contributed by atoms with Crippen molar-refractivity contribution in [2.75, 3.05) is 12.8 Å². The van der Waals surface area contributed by atoms with Crippen LogP contribution in [0.2, 0.25) is 0 Å². The lowest BCUT2D eigenvalue weighted by Crippen LogP contribution is -2.44. The number of ether oxygens (including phenoxy) is 1. The van der Waals surface area contributed by atoms with E-state index >= 15 is 0 Å². The van der Waals surface area contributed by atoms with Crippen molar-refractivity contribution < 1.29 is 4.74 Å². The second kappa shape index (κ2) is 5.19. The van der Waals surface area contributed by atoms with Crippen molar-refractivity contribution in [1.29, 1.82) is 0 Å². The summed E-state index contributed by atoms with van der Waals surface area (Å²) < 4.78 is 5.29. The zero-order chi connectivity index (χ0) is 13.2. The summed E-state index contributed by atoms with van der Waals surface area (Å²) in [6.07, 6.45) is 2.64. The Hall–Kier alpha value is -1.58. The van der Waals surface area contributed by atoms with E-state index < -0.39 is 0 Å². The Labute approximate surface area is 113 Å². The molecule has 1 aliphatic carbocycles. The molecule has 3 N–H and O–H groups in total. The maximum atomic E-state index is 6.12. The molecule has 0 heterocycles. The molecular formula is C16H20N2O. The number of hydrogen-bond acceptors (Lipinski definition) is 3. The van der Waals surface area contributed by atoms with Gasteiger partial charge in [0.2, 0.25) is 0 Å². The number of methoxy groups -OCH3 is 1. The van der Waals surface area contributed by atoms with Crippen molar-refractivity contribution in [3.8, 4) is 0 Å². The van der Waals surface area contributed by atoms with Crippen LogP contribution in [0.1, 0.15) is 18.4 Å². The fourth-order valence-corrected chi connectivity index (χ4v) is 2.64. The summed E-state index contributed by atoms with van der Waals surface area (Å²) in [6, 6.07) is 13.1. The van der Waals surface area contributed by atoms with Crippen molar-refractivity contribution in [3.05, 3.63) is 42.0 Å². The first-order valence-electron chi connectivity index (χ1n) is 6.79. The van der Waals surface area contributed by atoms with Crippen LogP contribution in [-0.4, -0.2) is 19.3 Å². The monoisotopic (exact) mass is 256 g/mol. The van der Waals surface area contributed by atoms with Gasteiger partial charge in [-0.2, -0.15) is 0 Å². The summed E-state index contributed by atoms with van der Waals surface area (Å²) in [7, 11) is 1.78. The first kappa shape index (κ1) is 12.5. The second-order valence-corrected chi connectivity index (χ2v) is 5.31. The fourth-order valence-electron chi connectivity index (χ4n) is 2.64. The van der Waals surface area contributed by atoms with Crippen LogP contribution in [-0.2, 0) is 11.3 Å². The third-order valence-electron chi connectivity index (χ3n) is 4.02. The van der Waals surface area contributed by atoms with Crippen molar-refractivity contribution in [2.24, 2.45) is 0 Å². The van der Waals surface area contributed by atoms with Gasteiger partial charge in [0.15, 0.2) is 0 Å². The number of nitrogens with one attached hydrogen (secondary N) is 1. The van der Waals surface area contributed by atoms with E-state index in [2.05, 4.69) is 35.6 Å². The number of hydrogen-bond donors (Lipinski definition) is 2. The van der Waals surface area contributed by atoms with E-state index in [0.717, 1.165) is 25.1 Å². The van der Waals surface area contributed by atoms with Crippen LogP contribution in [0.5, 0.6) is 0 Å². The average molecular weight is 256 g/mol. The highest BCUT2D eigenvalue weighted by Gasteiger charge is 2.28. The third kappa shape index (κ3) is 2.57. The molecule has 2 aromatic carbocycles. The summed E-state index contributed by atoms with van der Waals surface area (Å²) >= 11 is 0. The predicted molar refractivity (Wildman–Crippen MR) is 79.0 cm³/mol. The molecule has 0 aromatic heterocycles. The number of rotatable bonds is 4. The highest BCUT2D eigenvalue weighted by atomic mass is 16.5. The molecule has 2 aromatic rings. The Bertz CT molecular complexity index is 576. The summed E-state index contributed by atoms with van der Waals surface area (Å²) in [5.41, 5.74) is 8.17. The summed E-state index contributed by atoms with van der Waals surface area (Å²) in [5, 5.41) is 5.99. The van der Waals surface area contributed by atoms with Gasteiger partial charge in [-0.25, -0.2) is 0 Å². The lowest BCUT2D eigenvalue weighted by molar-refractivity contribution is 0.0170. The van der Waals surface area contributed by atoms with E-state index in [0.29, 0.717) is 12.1 Å². The largest absolute Gasteiger partial charge is 0.398 e. The highest BCUT2D eigenvalue weighted by molar-refractivity contribution is 5.86. The molecular weight excluding hydrogens is 236 g/mol. The molecule has 3 heteroatoms. The van der Waals surface area contributed by atoms with Gasteiger partial charge in [0, 0.05) is 25.4 Å². The lowest BCUT2D eigenvalue weighted by Gasteiger charge is -2.35. The molecule has 3 rings (SSSR count). The van der Waals surface area contributed by atoms with Crippen LogP contribution >= 0.6 is 0 Å². The molecule has 1 saturated carbocycles. The quantitative estimate of drug-likeness (QED) is 0.827. The molecule has 0 aliphatic heterocycles. The molecule has 1 aliphatic rings. The topological polar surface area (TPSA) is 47.3 Å². The zero-order valence-electron chi connectivity index (χ0n) is 11.2. The van der Waals surface area contributed by atoms with Crippen LogP contribution in [0, 0.1) is 0 Å². The van der Waals surface area contributed by atoms with Crippen molar-refractivity contribution in [3.63, 3.8) is 0 Å². The van der Waals surface area contributed by atoms with E-state index in [-0.39, 0.29) is 0 Å². The molecule has 0 spiro atoms. The number of anilines is 1. The summed E-state index contributed by atoms with van der Waals surface area (Å²) in [6.45, 7) is 0.831. The van der Waals surface area contributed by atoms with Crippen LogP contribution in [0.15, 0.2) is 36.4 Å². The van der Waals surface area contributed by atoms with Crippen LogP contribution in [0.4, 0.5) is 5.69 Å². The lowest BCUT2D eigenvalue weighted by atomic mass is 9.89. The minimum Gasteiger partial charge on any atom is -0.398 e. The van der Waals surface area contributed by atoms with E-state index in [4.69, 9.17) is 10.5 Å². The number of nitrogens with two attached hydrogens (primary N) is 1. The van der Waals surface area contributed by atoms with E-state index in [1.807, 2.05) is 6.07 Å². The Morgan fingerprint density at radius 1 is 1.21 bits per heavy atom. The van der Waals surface area contributed by atoms with Gasteiger partial charge in [-0.15, -0.1) is 0 Å². The number of fused-ring (bicyclic) bond motifs is 1. The Balaban J connectivity index is 1.69. The summed E-state index contributed by atoms with van der Waals surface area (Å²) in [4.78, 5) is 0. The molecule has 0 atom stereocenters. The maximum Gasteiger partial charge on any atom is 0.0601 e. The second-order valence-electron chi connectivity index (χ2n) is 5.31.